The van der Waals surface area contributed by atoms with Gasteiger partial charge in [-0.1, -0.05) is 6.08 Å². The van der Waals surface area contributed by atoms with Crippen LogP contribution in [0.3, 0.4) is 0 Å². The van der Waals surface area contributed by atoms with Crippen molar-refractivity contribution >= 4 is 16.7 Å². The van der Waals surface area contributed by atoms with Crippen molar-refractivity contribution < 1.29 is 9.53 Å². The molecule has 1 amide bonds. The monoisotopic (exact) mass is 272 g/mol. The summed E-state index contributed by atoms with van der Waals surface area (Å²) in [6, 6.07) is 6.84. The number of aromatic nitrogens is 1. The Hall–Kier alpha value is -2.56. The zero-order valence-corrected chi connectivity index (χ0v) is 11.5. The van der Waals surface area contributed by atoms with Crippen molar-refractivity contribution in [2.45, 2.75) is 0 Å². The van der Waals surface area contributed by atoms with Gasteiger partial charge in [0.25, 0.3) is 11.5 Å². The third-order valence-electron chi connectivity index (χ3n) is 3.09. The van der Waals surface area contributed by atoms with Crippen molar-refractivity contribution in [2.75, 3.05) is 13.7 Å². The molecule has 0 unspecified atom stereocenters. The van der Waals surface area contributed by atoms with Gasteiger partial charge >= 0.3 is 0 Å². The average Bonchev–Trinajstić information content (AvgIpc) is 2.47. The van der Waals surface area contributed by atoms with E-state index in [0.717, 1.165) is 0 Å². The van der Waals surface area contributed by atoms with E-state index in [1.165, 1.54) is 4.57 Å². The number of nitrogens with zero attached hydrogens (tertiary/aromatic N) is 1. The first-order valence-electron chi connectivity index (χ1n) is 6.15. The summed E-state index contributed by atoms with van der Waals surface area (Å²) in [5, 5.41) is 3.89. The van der Waals surface area contributed by atoms with Crippen LogP contribution in [-0.2, 0) is 7.05 Å². The van der Waals surface area contributed by atoms with E-state index in [2.05, 4.69) is 11.9 Å². The van der Waals surface area contributed by atoms with E-state index >= 15 is 0 Å². The molecule has 104 valence electrons. The van der Waals surface area contributed by atoms with Crippen LogP contribution in [0.5, 0.6) is 5.75 Å². The Kier molecular flexibility index (Phi) is 3.89. The molecule has 20 heavy (non-hydrogen) atoms. The number of methoxy groups -OCH3 is 1. The largest absolute Gasteiger partial charge is 0.497 e. The number of benzene rings is 1. The van der Waals surface area contributed by atoms with Crippen LogP contribution in [-0.4, -0.2) is 24.1 Å². The van der Waals surface area contributed by atoms with Gasteiger partial charge in [0.05, 0.1) is 7.11 Å². The minimum absolute atomic E-state index is 0.214. The second kappa shape index (κ2) is 5.61. The smallest absolute Gasteiger partial charge is 0.268 e. The highest BCUT2D eigenvalue weighted by Gasteiger charge is 2.13. The predicted molar refractivity (Wildman–Crippen MR) is 78.3 cm³/mol. The summed E-state index contributed by atoms with van der Waals surface area (Å²) in [4.78, 5) is 24.3. The third kappa shape index (κ3) is 2.42. The summed E-state index contributed by atoms with van der Waals surface area (Å²) >= 11 is 0. The Morgan fingerprint density at radius 2 is 2.20 bits per heavy atom. The van der Waals surface area contributed by atoms with Gasteiger partial charge in [0.15, 0.2) is 0 Å². The Balaban J connectivity index is 2.61. The van der Waals surface area contributed by atoms with Gasteiger partial charge in [0.2, 0.25) is 0 Å². The summed E-state index contributed by atoms with van der Waals surface area (Å²) in [6.45, 7) is 3.89. The Labute approximate surface area is 116 Å². The molecule has 2 rings (SSSR count). The normalized spacial score (nSPS) is 10.3. The highest BCUT2D eigenvalue weighted by molar-refractivity contribution is 5.97. The maximum Gasteiger partial charge on any atom is 0.268 e. The first-order valence-corrected chi connectivity index (χ1v) is 6.15. The molecule has 0 atom stereocenters. The number of rotatable bonds is 4. The van der Waals surface area contributed by atoms with E-state index in [-0.39, 0.29) is 11.5 Å². The molecular formula is C15H16N2O3. The van der Waals surface area contributed by atoms with Gasteiger partial charge in [-0.15, -0.1) is 6.58 Å². The van der Waals surface area contributed by atoms with Crippen LogP contribution in [0, 0.1) is 0 Å². The van der Waals surface area contributed by atoms with Crippen molar-refractivity contribution in [3.05, 3.63) is 53.0 Å². The zero-order chi connectivity index (χ0) is 14.7. The van der Waals surface area contributed by atoms with Gasteiger partial charge in [-0.2, -0.15) is 0 Å². The molecule has 0 saturated carbocycles. The highest BCUT2D eigenvalue weighted by Crippen LogP contribution is 2.19. The molecule has 0 saturated heterocycles. The molecule has 0 fully saturated rings. The number of hydrogen-bond donors (Lipinski definition) is 1. The fraction of sp³-hybridized carbons (Fsp3) is 0.200. The molecule has 0 aliphatic rings. The van der Waals surface area contributed by atoms with Gasteiger partial charge in [0.1, 0.15) is 11.4 Å². The van der Waals surface area contributed by atoms with Crippen LogP contribution in [0.15, 0.2) is 41.7 Å². The molecule has 0 aliphatic heterocycles. The van der Waals surface area contributed by atoms with E-state index in [4.69, 9.17) is 4.74 Å². The minimum Gasteiger partial charge on any atom is -0.497 e. The summed E-state index contributed by atoms with van der Waals surface area (Å²) in [5.74, 6) is 0.331. The number of ether oxygens (including phenoxy) is 1. The van der Waals surface area contributed by atoms with Crippen molar-refractivity contribution in [1.29, 1.82) is 0 Å². The zero-order valence-electron chi connectivity index (χ0n) is 11.5. The van der Waals surface area contributed by atoms with Crippen molar-refractivity contribution in [3.8, 4) is 5.75 Å². The minimum atomic E-state index is -0.311. The van der Waals surface area contributed by atoms with Gasteiger partial charge in [-0.25, -0.2) is 0 Å². The lowest BCUT2D eigenvalue weighted by molar-refractivity contribution is 0.0949. The number of carbonyl (C=O) groups excluding carboxylic acids is 1. The number of pyridine rings is 1. The van der Waals surface area contributed by atoms with E-state index < -0.39 is 0 Å². The van der Waals surface area contributed by atoms with Crippen molar-refractivity contribution in [1.82, 2.24) is 9.88 Å². The Morgan fingerprint density at radius 1 is 1.45 bits per heavy atom. The highest BCUT2D eigenvalue weighted by atomic mass is 16.5. The molecule has 5 heteroatoms. The van der Waals surface area contributed by atoms with E-state index in [1.807, 2.05) is 0 Å². The average molecular weight is 272 g/mol. The summed E-state index contributed by atoms with van der Waals surface area (Å²) in [7, 11) is 3.13. The maximum absolute atomic E-state index is 12.2. The molecule has 0 aliphatic carbocycles. The van der Waals surface area contributed by atoms with Crippen LogP contribution in [0.1, 0.15) is 10.5 Å². The summed E-state index contributed by atoms with van der Waals surface area (Å²) < 4.78 is 6.48. The molecule has 0 radical (unpaired) electrons. The number of nitrogens with one attached hydrogen (secondary N) is 1. The first-order chi connectivity index (χ1) is 9.58. The van der Waals surface area contributed by atoms with Crippen LogP contribution in [0.2, 0.25) is 0 Å². The fourth-order valence-electron chi connectivity index (χ4n) is 1.99. The topological polar surface area (TPSA) is 60.3 Å². The van der Waals surface area contributed by atoms with Crippen LogP contribution >= 0.6 is 0 Å². The second-order valence-corrected chi connectivity index (χ2v) is 4.35. The van der Waals surface area contributed by atoms with Gasteiger partial charge in [-0.05, 0) is 29.7 Å². The predicted octanol–water partition coefficient (Wildman–Crippen LogP) is 1.46. The molecular weight excluding hydrogens is 256 g/mol. The maximum atomic E-state index is 12.2. The summed E-state index contributed by atoms with van der Waals surface area (Å²) in [6.07, 6.45) is 1.58. The number of amides is 1. The molecule has 1 N–H and O–H groups in total. The van der Waals surface area contributed by atoms with Gasteiger partial charge in [-0.3, -0.25) is 9.59 Å². The van der Waals surface area contributed by atoms with Gasteiger partial charge in [0, 0.05) is 19.0 Å². The van der Waals surface area contributed by atoms with E-state index in [0.29, 0.717) is 28.8 Å². The lowest BCUT2D eigenvalue weighted by Gasteiger charge is -2.10. The third-order valence-corrected chi connectivity index (χ3v) is 3.09. The number of hydrogen-bond acceptors (Lipinski definition) is 3. The molecule has 0 spiro atoms. The SMILES string of the molecule is C=CCNC(=O)c1cc2cc(OC)ccc2c(=O)n1C. The lowest BCUT2D eigenvalue weighted by atomic mass is 10.1. The van der Waals surface area contributed by atoms with Gasteiger partial charge < -0.3 is 14.6 Å². The standard InChI is InChI=1S/C15H16N2O3/c1-4-7-16-14(18)13-9-10-8-11(20-3)5-6-12(10)15(19)17(13)2/h4-6,8-9H,1,7H2,2-3H3,(H,16,18). The van der Waals surface area contributed by atoms with Crippen LogP contribution in [0.4, 0.5) is 0 Å². The van der Waals surface area contributed by atoms with Crippen molar-refractivity contribution in [2.24, 2.45) is 7.05 Å². The molecule has 2 aromatic rings. The van der Waals surface area contributed by atoms with Crippen LogP contribution < -0.4 is 15.6 Å². The molecule has 1 aromatic heterocycles. The van der Waals surface area contributed by atoms with E-state index in [1.54, 1.807) is 44.5 Å². The number of carbonyl (C=O) groups is 1. The quantitative estimate of drug-likeness (QED) is 0.857. The molecule has 1 heterocycles. The first kappa shape index (κ1) is 13.9. The van der Waals surface area contributed by atoms with Crippen LogP contribution in [0.25, 0.3) is 10.8 Å². The fourth-order valence-corrected chi connectivity index (χ4v) is 1.99. The van der Waals surface area contributed by atoms with Crippen molar-refractivity contribution in [3.63, 3.8) is 0 Å². The summed E-state index contributed by atoms with van der Waals surface area (Å²) in [5.41, 5.74) is 0.0894. The molecule has 1 aromatic carbocycles. The molecule has 0 bridgehead atoms. The second-order valence-electron chi connectivity index (χ2n) is 4.35. The Morgan fingerprint density at radius 3 is 2.85 bits per heavy atom. The molecule has 5 nitrogen and oxygen atoms in total. The Bertz CT molecular complexity index is 732. The lowest BCUT2D eigenvalue weighted by Crippen LogP contribution is -2.31. The number of fused-ring (bicyclic) bond motifs is 1. The van der Waals surface area contributed by atoms with E-state index in [9.17, 15) is 9.59 Å².